The molecule has 7 heteroatoms. The molecule has 3 atom stereocenters. The number of hydrogen-bond donors (Lipinski definition) is 1. The number of halogens is 1. The number of aryl methyl sites for hydroxylation is 2. The molecule has 2 aliphatic heterocycles. The van der Waals surface area contributed by atoms with E-state index in [-0.39, 0.29) is 36.3 Å². The van der Waals surface area contributed by atoms with Crippen molar-refractivity contribution in [2.45, 2.75) is 64.8 Å². The van der Waals surface area contributed by atoms with Gasteiger partial charge < -0.3 is 19.4 Å². The second-order valence-corrected chi connectivity index (χ2v) is 8.63. The fourth-order valence-corrected chi connectivity index (χ4v) is 4.75. The Morgan fingerprint density at radius 3 is 2.83 bits per heavy atom. The first-order chi connectivity index (χ1) is 13.8. The molecule has 2 fully saturated rings. The number of amides is 1. The van der Waals surface area contributed by atoms with Crippen molar-refractivity contribution >= 4 is 17.5 Å². The first-order valence-corrected chi connectivity index (χ1v) is 10.6. The number of carbonyl (C=O) groups is 1. The number of pyridine rings is 1. The third-order valence-electron chi connectivity index (χ3n) is 6.01. The van der Waals surface area contributed by atoms with Crippen LogP contribution in [0.5, 0.6) is 0 Å². The Bertz CT molecular complexity index is 943. The second kappa shape index (κ2) is 8.09. The number of nitrogens with one attached hydrogen (secondary N) is 1. The van der Waals surface area contributed by atoms with Crippen molar-refractivity contribution in [2.75, 3.05) is 13.2 Å². The van der Waals surface area contributed by atoms with Crippen molar-refractivity contribution in [1.29, 1.82) is 0 Å². The number of aromatic amines is 1. The van der Waals surface area contributed by atoms with Gasteiger partial charge in [0.05, 0.1) is 36.0 Å². The van der Waals surface area contributed by atoms with Crippen LogP contribution >= 0.6 is 11.6 Å². The van der Waals surface area contributed by atoms with Crippen LogP contribution in [0, 0.1) is 13.8 Å². The summed E-state index contributed by atoms with van der Waals surface area (Å²) in [5.41, 5.74) is 3.70. The number of nitrogens with zero attached hydrogens (tertiary/aromatic N) is 1. The largest absolute Gasteiger partial charge is 0.379 e. The summed E-state index contributed by atoms with van der Waals surface area (Å²) in [7, 11) is 0. The molecule has 1 aliphatic carbocycles. The molecular formula is C22H27ClN2O4. The van der Waals surface area contributed by atoms with Gasteiger partial charge in [0.15, 0.2) is 0 Å². The first kappa shape index (κ1) is 20.4. The molecule has 1 N–H and O–H groups in total. The van der Waals surface area contributed by atoms with E-state index in [1.807, 2.05) is 26.8 Å². The Balaban J connectivity index is 1.61. The summed E-state index contributed by atoms with van der Waals surface area (Å²) >= 11 is 6.69. The lowest BCUT2D eigenvalue weighted by Gasteiger charge is -2.39. The van der Waals surface area contributed by atoms with Crippen LogP contribution in [0.4, 0.5) is 0 Å². The number of fused-ring (bicyclic) bond motifs is 1. The van der Waals surface area contributed by atoms with Gasteiger partial charge in [0.1, 0.15) is 0 Å². The molecule has 0 aromatic carbocycles. The number of likely N-dealkylation sites (tertiary alicyclic amines) is 1. The number of H-pyrrole nitrogens is 1. The normalized spacial score (nSPS) is 27.3. The van der Waals surface area contributed by atoms with Crippen molar-refractivity contribution in [1.82, 2.24) is 9.88 Å². The molecule has 156 valence electrons. The van der Waals surface area contributed by atoms with E-state index in [2.05, 4.69) is 11.1 Å². The summed E-state index contributed by atoms with van der Waals surface area (Å²) in [6, 6.07) is 1.92. The van der Waals surface area contributed by atoms with E-state index in [1.54, 1.807) is 4.90 Å². The van der Waals surface area contributed by atoms with Crippen molar-refractivity contribution in [3.8, 4) is 0 Å². The second-order valence-electron chi connectivity index (χ2n) is 8.23. The minimum atomic E-state index is -0.314. The summed E-state index contributed by atoms with van der Waals surface area (Å²) in [6.07, 6.45) is 4.03. The average Bonchev–Trinajstić information content (AvgIpc) is 3.15. The molecule has 1 aromatic rings. The van der Waals surface area contributed by atoms with E-state index in [9.17, 15) is 9.59 Å². The van der Waals surface area contributed by atoms with Crippen molar-refractivity contribution in [2.24, 2.45) is 0 Å². The van der Waals surface area contributed by atoms with Crippen LogP contribution in [-0.4, -0.2) is 47.3 Å². The van der Waals surface area contributed by atoms with Crippen LogP contribution in [0.1, 0.15) is 43.0 Å². The zero-order valence-electron chi connectivity index (χ0n) is 17.1. The lowest BCUT2D eigenvalue weighted by atomic mass is 9.86. The van der Waals surface area contributed by atoms with Gasteiger partial charge in [-0.1, -0.05) is 17.7 Å². The van der Waals surface area contributed by atoms with Crippen LogP contribution in [0.2, 0.25) is 0 Å². The fourth-order valence-electron chi connectivity index (χ4n) is 4.41. The Kier molecular flexibility index (Phi) is 5.69. The zero-order chi connectivity index (χ0) is 20.7. The highest BCUT2D eigenvalue weighted by atomic mass is 35.5. The topological polar surface area (TPSA) is 71.6 Å². The minimum absolute atomic E-state index is 0.0113. The highest BCUT2D eigenvalue weighted by Gasteiger charge is 2.38. The third kappa shape index (κ3) is 3.93. The molecule has 29 heavy (non-hydrogen) atoms. The smallest absolute Gasteiger partial charge is 0.255 e. The average molecular weight is 419 g/mol. The molecule has 0 saturated carbocycles. The van der Waals surface area contributed by atoms with Crippen LogP contribution in [-0.2, 0) is 20.8 Å². The van der Waals surface area contributed by atoms with Gasteiger partial charge in [0, 0.05) is 23.9 Å². The molecule has 2 saturated heterocycles. The molecule has 1 amide bonds. The molecule has 0 bridgehead atoms. The van der Waals surface area contributed by atoms with Gasteiger partial charge in [0.2, 0.25) is 0 Å². The molecule has 0 spiro atoms. The van der Waals surface area contributed by atoms with E-state index in [4.69, 9.17) is 21.1 Å². The summed E-state index contributed by atoms with van der Waals surface area (Å²) in [4.78, 5) is 30.5. The number of hydrogen-bond acceptors (Lipinski definition) is 4. The number of rotatable bonds is 4. The van der Waals surface area contributed by atoms with Gasteiger partial charge in [-0.15, -0.1) is 0 Å². The Morgan fingerprint density at radius 1 is 1.34 bits per heavy atom. The lowest BCUT2D eigenvalue weighted by Crippen LogP contribution is -2.46. The number of carbonyl (C=O) groups excluding carboxylic acids is 1. The van der Waals surface area contributed by atoms with Gasteiger partial charge in [-0.2, -0.15) is 0 Å². The van der Waals surface area contributed by atoms with E-state index in [0.29, 0.717) is 35.8 Å². The van der Waals surface area contributed by atoms with Crippen molar-refractivity contribution in [3.05, 3.63) is 55.5 Å². The van der Waals surface area contributed by atoms with Gasteiger partial charge in [-0.05, 0) is 57.2 Å². The van der Waals surface area contributed by atoms with E-state index < -0.39 is 0 Å². The number of aromatic nitrogens is 1. The maximum Gasteiger partial charge on any atom is 0.255 e. The Morgan fingerprint density at radius 2 is 2.14 bits per heavy atom. The van der Waals surface area contributed by atoms with Crippen molar-refractivity contribution < 1.29 is 14.3 Å². The van der Waals surface area contributed by atoms with Crippen molar-refractivity contribution in [3.63, 3.8) is 0 Å². The molecule has 3 heterocycles. The molecule has 6 nitrogen and oxygen atoms in total. The fraction of sp³-hybridized carbons (Fsp3) is 0.545. The summed E-state index contributed by atoms with van der Waals surface area (Å²) in [6.45, 7) is 7.30. The maximum atomic E-state index is 13.4. The standard InChI is InChI=1S/C22H27ClN2O4/c1-12-8-13(2)24-21(26)17(12)10-25-14(3)9-15-4-5-18(20(23)19(15)22(25)27)29-16-6-7-28-11-16/h4,8,14,16,18H,5-7,9-11H2,1-3H3,(H,24,26)/t14?,16-,18?/m1/s1. The quantitative estimate of drug-likeness (QED) is 0.815. The lowest BCUT2D eigenvalue weighted by molar-refractivity contribution is -0.130. The highest BCUT2D eigenvalue weighted by Crippen LogP contribution is 2.39. The van der Waals surface area contributed by atoms with E-state index >= 15 is 0 Å². The molecule has 1 aromatic heterocycles. The van der Waals surface area contributed by atoms with E-state index in [0.717, 1.165) is 29.7 Å². The molecule has 2 unspecified atom stereocenters. The van der Waals surface area contributed by atoms with Crippen LogP contribution in [0.3, 0.4) is 0 Å². The third-order valence-corrected chi connectivity index (χ3v) is 6.44. The summed E-state index contributed by atoms with van der Waals surface area (Å²) in [5.74, 6) is -0.129. The first-order valence-electron chi connectivity index (χ1n) is 10.2. The number of piperidine rings is 1. The predicted octanol–water partition coefficient (Wildman–Crippen LogP) is 3.11. The molecule has 3 aliphatic rings. The van der Waals surface area contributed by atoms with Gasteiger partial charge in [-0.25, -0.2) is 0 Å². The SMILES string of the molecule is Cc1cc(C)c(CN2C(=O)C3=C(Cl)C(O[C@@H]4CCOC4)CC=C3CC2C)c(=O)[nH]1. The molecule has 4 rings (SSSR count). The number of ether oxygens (including phenoxy) is 2. The summed E-state index contributed by atoms with van der Waals surface area (Å²) in [5, 5.41) is 0.478. The highest BCUT2D eigenvalue weighted by molar-refractivity contribution is 6.33. The van der Waals surface area contributed by atoms with Gasteiger partial charge in [-0.3, -0.25) is 9.59 Å². The maximum absolute atomic E-state index is 13.4. The zero-order valence-corrected chi connectivity index (χ0v) is 17.8. The molecular weight excluding hydrogens is 392 g/mol. The van der Waals surface area contributed by atoms with Gasteiger partial charge in [0.25, 0.3) is 11.5 Å². The van der Waals surface area contributed by atoms with Crippen LogP contribution in [0.25, 0.3) is 0 Å². The molecule has 0 radical (unpaired) electrons. The van der Waals surface area contributed by atoms with Crippen LogP contribution < -0.4 is 5.56 Å². The summed E-state index contributed by atoms with van der Waals surface area (Å²) < 4.78 is 11.5. The Hall–Kier alpha value is -1.89. The minimum Gasteiger partial charge on any atom is -0.379 e. The predicted molar refractivity (Wildman–Crippen MR) is 111 cm³/mol. The van der Waals surface area contributed by atoms with Crippen LogP contribution in [0.15, 0.2) is 33.1 Å². The Labute approximate surface area is 175 Å². The van der Waals surface area contributed by atoms with Gasteiger partial charge >= 0.3 is 0 Å². The monoisotopic (exact) mass is 418 g/mol. The van der Waals surface area contributed by atoms with E-state index in [1.165, 1.54) is 0 Å².